The van der Waals surface area contributed by atoms with Crippen LogP contribution in [0.15, 0.2) is 72.9 Å². The van der Waals surface area contributed by atoms with Crippen LogP contribution in [0.3, 0.4) is 0 Å². The number of phosphoric acid groups is 1. The quantitative estimate of drug-likeness (QED) is 0.0200. The van der Waals surface area contributed by atoms with Gasteiger partial charge in [-0.15, -0.1) is 0 Å². The molecule has 62 heavy (non-hydrogen) atoms. The number of unbranched alkanes of at least 4 members (excludes halogenated alkanes) is 18. The van der Waals surface area contributed by atoms with Gasteiger partial charge in [0.1, 0.15) is 12.7 Å². The number of aliphatic hydroxyl groups is 1. The zero-order chi connectivity index (χ0) is 45.6. The van der Waals surface area contributed by atoms with E-state index in [0.717, 1.165) is 57.8 Å². The van der Waals surface area contributed by atoms with E-state index in [-0.39, 0.29) is 12.8 Å². The monoisotopic (exact) mass is 892 g/mol. The third-order valence-electron chi connectivity index (χ3n) is 10.0. The molecule has 0 spiro atoms. The molecule has 0 aromatic rings. The lowest BCUT2D eigenvalue weighted by Gasteiger charge is -2.18. The summed E-state index contributed by atoms with van der Waals surface area (Å²) in [5.41, 5.74) is 0. The molecule has 0 rings (SSSR count). The van der Waals surface area contributed by atoms with Crippen molar-refractivity contribution in [3.8, 4) is 0 Å². The van der Waals surface area contributed by atoms with Gasteiger partial charge in [-0.2, -0.15) is 0 Å². The number of hydrogen-bond acceptors (Lipinski definition) is 8. The molecule has 11 nitrogen and oxygen atoms in total. The van der Waals surface area contributed by atoms with Crippen LogP contribution in [0, 0.1) is 0 Å². The summed E-state index contributed by atoms with van der Waals surface area (Å²) in [5.74, 6) is -2.46. The molecule has 0 aliphatic heterocycles. The van der Waals surface area contributed by atoms with Crippen LogP contribution in [-0.2, 0) is 32.7 Å². The Labute approximate surface area is 376 Å². The van der Waals surface area contributed by atoms with Gasteiger partial charge in [-0.25, -0.2) is 9.36 Å². The van der Waals surface area contributed by atoms with E-state index in [2.05, 4.69) is 79.9 Å². The Hall–Kier alpha value is -3.08. The number of hydrogen-bond donors (Lipinski definition) is 4. The highest BCUT2D eigenvalue weighted by molar-refractivity contribution is 7.47. The summed E-state index contributed by atoms with van der Waals surface area (Å²) in [6, 6.07) is -1.56. The number of phosphoric ester groups is 1. The molecule has 0 radical (unpaired) electrons. The summed E-state index contributed by atoms with van der Waals surface area (Å²) in [6.45, 7) is 2.42. The van der Waals surface area contributed by atoms with Crippen LogP contribution in [0.2, 0.25) is 0 Å². The van der Waals surface area contributed by atoms with Crippen molar-refractivity contribution in [2.24, 2.45) is 0 Å². The van der Waals surface area contributed by atoms with E-state index in [0.29, 0.717) is 12.8 Å². The number of allylic oxidation sites excluding steroid dienone is 12. The number of aliphatic hydroxyl groups excluding tert-OH is 1. The second-order valence-corrected chi connectivity index (χ2v) is 17.4. The third-order valence-corrected chi connectivity index (χ3v) is 11.0. The zero-order valence-corrected chi connectivity index (χ0v) is 39.5. The van der Waals surface area contributed by atoms with E-state index < -0.39 is 57.6 Å². The number of aliphatic carboxylic acids is 1. The number of rotatable bonds is 44. The van der Waals surface area contributed by atoms with E-state index in [9.17, 15) is 34.1 Å². The molecule has 12 heteroatoms. The predicted octanol–water partition coefficient (Wildman–Crippen LogP) is 12.9. The van der Waals surface area contributed by atoms with Crippen LogP contribution < -0.4 is 5.32 Å². The van der Waals surface area contributed by atoms with E-state index in [1.165, 1.54) is 96.3 Å². The van der Waals surface area contributed by atoms with Crippen molar-refractivity contribution in [1.82, 2.24) is 5.32 Å². The first-order chi connectivity index (χ1) is 30.1. The number of ether oxygens (including phenoxy) is 1. The topological polar surface area (TPSA) is 169 Å². The minimum absolute atomic E-state index is 0.0964. The summed E-state index contributed by atoms with van der Waals surface area (Å²) in [5, 5.41) is 21.9. The van der Waals surface area contributed by atoms with Crippen molar-refractivity contribution in [1.29, 1.82) is 0 Å². The van der Waals surface area contributed by atoms with Gasteiger partial charge in [-0.1, -0.05) is 202 Å². The largest absolute Gasteiger partial charge is 0.480 e. The van der Waals surface area contributed by atoms with Crippen molar-refractivity contribution in [3.63, 3.8) is 0 Å². The molecule has 1 amide bonds. The van der Waals surface area contributed by atoms with Crippen molar-refractivity contribution < 1.29 is 47.8 Å². The van der Waals surface area contributed by atoms with E-state index in [1.54, 1.807) is 0 Å². The predicted molar refractivity (Wildman–Crippen MR) is 254 cm³/mol. The smallest absolute Gasteiger partial charge is 0.472 e. The number of amides is 1. The molecule has 4 N–H and O–H groups in total. The number of carbonyl (C=O) groups excluding carboxylic acids is 2. The molecule has 0 bridgehead atoms. The van der Waals surface area contributed by atoms with Crippen molar-refractivity contribution in [2.45, 2.75) is 206 Å². The van der Waals surface area contributed by atoms with Crippen LogP contribution >= 0.6 is 7.82 Å². The molecule has 3 unspecified atom stereocenters. The highest BCUT2D eigenvalue weighted by Crippen LogP contribution is 2.43. The second-order valence-electron chi connectivity index (χ2n) is 15.9. The highest BCUT2D eigenvalue weighted by atomic mass is 31.2. The third kappa shape index (κ3) is 43.6. The van der Waals surface area contributed by atoms with Crippen LogP contribution in [0.4, 0.5) is 0 Å². The number of carboxylic acids is 1. The van der Waals surface area contributed by atoms with Gasteiger partial charge in [0, 0.05) is 12.8 Å². The average Bonchev–Trinajstić information content (AvgIpc) is 3.25. The molecule has 0 aromatic heterocycles. The van der Waals surface area contributed by atoms with Crippen LogP contribution in [-0.4, -0.2) is 64.9 Å². The number of carboxylic acid groups (broad SMARTS) is 1. The molecule has 0 fully saturated rings. The molecule has 0 saturated heterocycles. The van der Waals surface area contributed by atoms with Gasteiger partial charge in [0.15, 0.2) is 6.04 Å². The molecule has 0 aliphatic rings. The fraction of sp³-hybridized carbons (Fsp3) is 0.700. The summed E-state index contributed by atoms with van der Waals surface area (Å²) in [6.07, 6.45) is 53.7. The maximum absolute atomic E-state index is 12.3. The Morgan fingerprint density at radius 1 is 0.532 bits per heavy atom. The molecule has 0 heterocycles. The normalized spacial score (nSPS) is 14.3. The van der Waals surface area contributed by atoms with Gasteiger partial charge in [-0.05, 0) is 51.4 Å². The first kappa shape index (κ1) is 58.9. The highest BCUT2D eigenvalue weighted by Gasteiger charge is 2.28. The number of esters is 1. The van der Waals surface area contributed by atoms with E-state index >= 15 is 0 Å². The zero-order valence-electron chi connectivity index (χ0n) is 38.6. The lowest BCUT2D eigenvalue weighted by molar-refractivity contribution is -0.147. The fourth-order valence-corrected chi connectivity index (χ4v) is 7.11. The van der Waals surface area contributed by atoms with Crippen molar-refractivity contribution >= 4 is 25.7 Å². The Morgan fingerprint density at radius 3 is 1.34 bits per heavy atom. The standard InChI is InChI=1S/C50H86NO10P/c1-3-5-7-9-11-13-15-17-19-21-23-25-27-29-31-33-35-37-39-41-48(53)51-47(50(55)56)45-61-62(57,58)60-44-46(52)43-59-49(54)42-40-38-36-34-32-30-28-26-24-22-20-18-16-14-12-10-8-6-4-2/h6,8,12,14,18,20,24,26,30,32,36,38,46-47,52H,3-5,7,9-11,13,15-17,19,21-23,25,27-29,31,33-35,37,39-45H2,1-2H3,(H,51,53)(H,55,56)(H,57,58)/b8-6-,14-12-,20-18-,26-24-,32-30-,38-36-. The minimum atomic E-state index is -4.78. The van der Waals surface area contributed by atoms with Gasteiger partial charge in [0.2, 0.25) is 5.91 Å². The van der Waals surface area contributed by atoms with E-state index in [4.69, 9.17) is 13.8 Å². The first-order valence-electron chi connectivity index (χ1n) is 24.0. The van der Waals surface area contributed by atoms with Gasteiger partial charge < -0.3 is 25.2 Å². The van der Waals surface area contributed by atoms with Gasteiger partial charge >= 0.3 is 19.8 Å². The van der Waals surface area contributed by atoms with Gasteiger partial charge in [-0.3, -0.25) is 18.6 Å². The number of nitrogens with one attached hydrogen (secondary N) is 1. The van der Waals surface area contributed by atoms with Gasteiger partial charge in [0.25, 0.3) is 0 Å². The molecule has 0 aromatic carbocycles. The number of carbonyl (C=O) groups is 3. The maximum atomic E-state index is 12.3. The maximum Gasteiger partial charge on any atom is 0.472 e. The van der Waals surface area contributed by atoms with E-state index in [1.807, 2.05) is 12.2 Å². The average molecular weight is 892 g/mol. The van der Waals surface area contributed by atoms with Crippen molar-refractivity contribution in [3.05, 3.63) is 72.9 Å². The van der Waals surface area contributed by atoms with Crippen LogP contribution in [0.25, 0.3) is 0 Å². The molecule has 0 saturated carbocycles. The molecule has 356 valence electrons. The summed E-state index contributed by atoms with van der Waals surface area (Å²) < 4.78 is 26.8. The summed E-state index contributed by atoms with van der Waals surface area (Å²) >= 11 is 0. The molecular weight excluding hydrogens is 806 g/mol. The molecule has 0 aliphatic carbocycles. The molecular formula is C50H86NO10P. The Bertz CT molecular complexity index is 1320. The second kappa shape index (κ2) is 44.5. The Kier molecular flexibility index (Phi) is 42.3. The minimum Gasteiger partial charge on any atom is -0.480 e. The van der Waals surface area contributed by atoms with Crippen LogP contribution in [0.1, 0.15) is 194 Å². The first-order valence-corrected chi connectivity index (χ1v) is 25.5. The lowest BCUT2D eigenvalue weighted by atomic mass is 10.0. The summed E-state index contributed by atoms with van der Waals surface area (Å²) in [7, 11) is -4.78. The summed E-state index contributed by atoms with van der Waals surface area (Å²) in [4.78, 5) is 46.0. The van der Waals surface area contributed by atoms with Crippen molar-refractivity contribution in [2.75, 3.05) is 19.8 Å². The lowest BCUT2D eigenvalue weighted by Crippen LogP contribution is -2.43. The SMILES string of the molecule is CC/C=C\C/C=C\C/C=C\C/C=C\C/C=C\C/C=C\CCC(=O)OCC(O)COP(=O)(O)OCC(NC(=O)CCCCCCCCCCCCCCCCCCCCC)C(=O)O. The fourth-order valence-electron chi connectivity index (χ4n) is 6.34. The van der Waals surface area contributed by atoms with Gasteiger partial charge in [0.05, 0.1) is 13.2 Å². The Morgan fingerprint density at radius 2 is 0.919 bits per heavy atom. The van der Waals surface area contributed by atoms with Crippen LogP contribution in [0.5, 0.6) is 0 Å². The molecule has 3 atom stereocenters. The Balaban J connectivity index is 3.95.